The van der Waals surface area contributed by atoms with Crippen LogP contribution < -0.4 is 17.5 Å². The minimum absolute atomic E-state index is 0.191. The van der Waals surface area contributed by atoms with Gasteiger partial charge in [-0.15, -0.1) is 0 Å². The fourth-order valence-electron chi connectivity index (χ4n) is 7.25. The van der Waals surface area contributed by atoms with Gasteiger partial charge in [-0.05, 0) is 0 Å². The molecule has 6 rings (SSSR count). The molecular weight excluding hydrogens is 688 g/mol. The number of benzene rings is 4. The second kappa shape index (κ2) is 14.8. The van der Waals surface area contributed by atoms with E-state index in [1.54, 1.807) is 125 Å². The van der Waals surface area contributed by atoms with E-state index in [1.165, 1.54) is 21.9 Å². The van der Waals surface area contributed by atoms with Crippen LogP contribution in [0.3, 0.4) is 0 Å². The van der Waals surface area contributed by atoms with Crippen LogP contribution in [0, 0.1) is 23.3 Å². The summed E-state index contributed by atoms with van der Waals surface area (Å²) in [5, 5.41) is 0. The normalized spacial score (nSPS) is 13.9. The van der Waals surface area contributed by atoms with E-state index in [1.807, 2.05) is 0 Å². The van der Waals surface area contributed by atoms with Crippen LogP contribution in [-0.2, 0) is 16.6 Å². The maximum absolute atomic E-state index is 17.7. The van der Waals surface area contributed by atoms with Gasteiger partial charge in [-0.1, -0.05) is 0 Å². The van der Waals surface area contributed by atoms with Crippen LogP contribution in [0.15, 0.2) is 129 Å². The van der Waals surface area contributed by atoms with Crippen molar-refractivity contribution in [1.82, 2.24) is 0 Å². The second-order valence-electron chi connectivity index (χ2n) is 13.2. The third kappa shape index (κ3) is 6.36. The molecule has 0 unspecified atom stereocenters. The molecule has 2 aliphatic carbocycles. The molecule has 0 aliphatic heterocycles. The Balaban J connectivity index is 1.68. The molecule has 260 valence electrons. The number of anilines is 2. The van der Waals surface area contributed by atoms with Gasteiger partial charge in [0.05, 0.1) is 0 Å². The van der Waals surface area contributed by atoms with Gasteiger partial charge in [0, 0.05) is 0 Å². The standard InChI is InChI=1S/2C16H14F2NO.2C5H5.Ti/c2*1-11(2)19(15-9-8-13(17)10-14(15)18)16(20)12-6-4-3-5-7-12;2*1-2-4-5-3-1;/h2*3-9,11H,1-2H3;2*1-3H,4H2;. The Morgan fingerprint density at radius 1 is 0.569 bits per heavy atom. The number of rotatable bonds is 10. The van der Waals surface area contributed by atoms with Crippen LogP contribution in [0.2, 0.25) is 0 Å². The summed E-state index contributed by atoms with van der Waals surface area (Å²) in [5.74, 6) is -5.02. The fourth-order valence-corrected chi connectivity index (χ4v) is 15.5. The molecule has 4 aromatic carbocycles. The fraction of sp³-hybridized carbons (Fsp3) is 0.190. The third-order valence-corrected chi connectivity index (χ3v) is 17.4. The van der Waals surface area contributed by atoms with Crippen molar-refractivity contribution in [1.29, 1.82) is 0 Å². The number of allylic oxidation sites excluding steroid dienone is 8. The van der Waals surface area contributed by atoms with Gasteiger partial charge in [0.2, 0.25) is 0 Å². The molecule has 2 aliphatic rings. The van der Waals surface area contributed by atoms with Crippen molar-refractivity contribution in [2.45, 2.75) is 52.6 Å². The minimum atomic E-state index is -5.31. The Kier molecular flexibility index (Phi) is 10.5. The van der Waals surface area contributed by atoms with Gasteiger partial charge in [-0.25, -0.2) is 0 Å². The molecule has 0 heterocycles. The van der Waals surface area contributed by atoms with Crippen molar-refractivity contribution in [2.24, 2.45) is 0 Å². The van der Waals surface area contributed by atoms with Crippen molar-refractivity contribution < 1.29 is 43.7 Å². The van der Waals surface area contributed by atoms with Crippen molar-refractivity contribution in [2.75, 3.05) is 9.80 Å². The number of hydrogen-bond donors (Lipinski definition) is 0. The summed E-state index contributed by atoms with van der Waals surface area (Å²) in [6.07, 6.45) is 10.9. The van der Waals surface area contributed by atoms with Crippen LogP contribution in [0.4, 0.5) is 28.9 Å². The van der Waals surface area contributed by atoms with Crippen LogP contribution in [0.5, 0.6) is 0 Å². The molecule has 0 bridgehead atoms. The number of hydrogen-bond acceptors (Lipinski definition) is 2. The molecule has 0 radical (unpaired) electrons. The maximum atomic E-state index is 17.7. The van der Waals surface area contributed by atoms with E-state index in [9.17, 15) is 9.59 Å². The molecule has 0 N–H and O–H groups in total. The summed E-state index contributed by atoms with van der Waals surface area (Å²) < 4.78 is 69.2. The molecule has 0 saturated heterocycles. The molecule has 0 fully saturated rings. The molecule has 9 heteroatoms. The van der Waals surface area contributed by atoms with E-state index in [2.05, 4.69) is 0 Å². The summed E-state index contributed by atoms with van der Waals surface area (Å²) >= 11 is -5.31. The first-order valence-corrected chi connectivity index (χ1v) is 20.1. The summed E-state index contributed by atoms with van der Waals surface area (Å²) in [7, 11) is 0. The predicted molar refractivity (Wildman–Crippen MR) is 192 cm³/mol. The molecule has 4 aromatic rings. The molecule has 51 heavy (non-hydrogen) atoms. The van der Waals surface area contributed by atoms with E-state index in [4.69, 9.17) is 0 Å². The molecule has 0 spiro atoms. The van der Waals surface area contributed by atoms with Crippen LogP contribution in [0.1, 0.15) is 61.3 Å². The first-order chi connectivity index (χ1) is 24.5. The van der Waals surface area contributed by atoms with Gasteiger partial charge in [0.25, 0.3) is 0 Å². The van der Waals surface area contributed by atoms with E-state index in [0.717, 1.165) is 12.1 Å². The monoisotopic (exact) mass is 726 g/mol. The van der Waals surface area contributed by atoms with Crippen molar-refractivity contribution in [3.8, 4) is 0 Å². The van der Waals surface area contributed by atoms with Crippen molar-refractivity contribution >= 4 is 30.9 Å². The SMILES string of the molecule is CC(C)N(C(=O)c1ccccc1)c1ccc(F)[c]([Ti]([C]2=CC=CC2)([C]2=CC=CC2)[c]2c(F)ccc(N(C(=O)c3ccccc3)C(C)C)c2F)c1F. The van der Waals surface area contributed by atoms with Gasteiger partial charge in [0.1, 0.15) is 0 Å². The number of carbonyl (C=O) groups is 2. The Morgan fingerprint density at radius 2 is 0.941 bits per heavy atom. The van der Waals surface area contributed by atoms with Gasteiger partial charge in [0.15, 0.2) is 0 Å². The number of carbonyl (C=O) groups excluding carboxylic acids is 2. The van der Waals surface area contributed by atoms with Gasteiger partial charge >= 0.3 is 301 Å². The van der Waals surface area contributed by atoms with Crippen LogP contribution >= 0.6 is 0 Å². The Labute approximate surface area is 299 Å². The topological polar surface area (TPSA) is 40.6 Å². The number of halogens is 4. The van der Waals surface area contributed by atoms with E-state index >= 15 is 17.6 Å². The predicted octanol–water partition coefficient (Wildman–Crippen LogP) is 9.15. The Bertz CT molecular complexity index is 1960. The summed E-state index contributed by atoms with van der Waals surface area (Å²) in [6.45, 7) is 6.88. The van der Waals surface area contributed by atoms with E-state index in [0.29, 0.717) is 18.9 Å². The van der Waals surface area contributed by atoms with Crippen LogP contribution in [0.25, 0.3) is 0 Å². The Morgan fingerprint density at radius 3 is 1.25 bits per heavy atom. The molecule has 0 atom stereocenters. The molecule has 4 nitrogen and oxygen atoms in total. The Hall–Kier alpha value is -4.79. The van der Waals surface area contributed by atoms with Crippen LogP contribution in [-0.4, -0.2) is 23.9 Å². The average Bonchev–Trinajstić information content (AvgIpc) is 3.86. The van der Waals surface area contributed by atoms with E-state index < -0.39 is 71.5 Å². The summed E-state index contributed by atoms with van der Waals surface area (Å²) in [6, 6.07) is 20.2. The summed E-state index contributed by atoms with van der Waals surface area (Å²) in [5.41, 5.74) is 0.222. The second-order valence-corrected chi connectivity index (χ2v) is 19.1. The van der Waals surface area contributed by atoms with Gasteiger partial charge in [-0.2, -0.15) is 0 Å². The third-order valence-electron chi connectivity index (χ3n) is 9.43. The molecule has 0 aromatic heterocycles. The molecular formula is C42H38F4N2O2Ti. The van der Waals surface area contributed by atoms with Crippen molar-refractivity contribution in [3.05, 3.63) is 164 Å². The summed E-state index contributed by atoms with van der Waals surface area (Å²) in [4.78, 5) is 30.4. The zero-order chi connectivity index (χ0) is 36.4. The number of nitrogens with zero attached hydrogens (tertiary/aromatic N) is 2. The van der Waals surface area contributed by atoms with E-state index in [-0.39, 0.29) is 24.2 Å². The quantitative estimate of drug-likeness (QED) is 0.121. The van der Waals surface area contributed by atoms with Gasteiger partial charge in [-0.3, -0.25) is 0 Å². The molecule has 0 saturated carbocycles. The first kappa shape index (κ1) is 36.0. The zero-order valence-corrected chi connectivity index (χ0v) is 30.4. The number of amides is 2. The van der Waals surface area contributed by atoms with Crippen molar-refractivity contribution in [3.63, 3.8) is 0 Å². The average molecular weight is 727 g/mol. The van der Waals surface area contributed by atoms with Gasteiger partial charge < -0.3 is 0 Å². The first-order valence-electron chi connectivity index (χ1n) is 17.0. The zero-order valence-electron chi connectivity index (χ0n) is 28.8. The molecule has 2 amide bonds.